The smallest absolute Gasteiger partial charge is 0.295 e. The van der Waals surface area contributed by atoms with Gasteiger partial charge in [0.2, 0.25) is 0 Å². The molecule has 2 heterocycles. The van der Waals surface area contributed by atoms with E-state index in [2.05, 4.69) is 0 Å². The van der Waals surface area contributed by atoms with Gasteiger partial charge in [-0.3, -0.25) is 9.59 Å². The van der Waals surface area contributed by atoms with Crippen LogP contribution in [0.2, 0.25) is 0 Å². The largest absolute Gasteiger partial charge is 0.507 e. The van der Waals surface area contributed by atoms with Crippen molar-refractivity contribution in [1.29, 1.82) is 0 Å². The van der Waals surface area contributed by atoms with E-state index in [-0.39, 0.29) is 11.3 Å². The van der Waals surface area contributed by atoms with Crippen LogP contribution in [0.15, 0.2) is 48.0 Å². The SMILES string of the molecule is CCCN1C(=O)C(=O)/C(=C(\O)c2cccc(OC)c2)C1c1ccc2c(c1)OCCO2. The van der Waals surface area contributed by atoms with Crippen LogP contribution in [0.4, 0.5) is 0 Å². The molecule has 7 nitrogen and oxygen atoms in total. The van der Waals surface area contributed by atoms with Gasteiger partial charge in [-0.25, -0.2) is 0 Å². The van der Waals surface area contributed by atoms with Crippen LogP contribution in [0.3, 0.4) is 0 Å². The van der Waals surface area contributed by atoms with Crippen molar-refractivity contribution in [3.63, 3.8) is 0 Å². The second kappa shape index (κ2) is 8.10. The highest BCUT2D eigenvalue weighted by molar-refractivity contribution is 6.46. The fourth-order valence-corrected chi connectivity index (χ4v) is 3.85. The Morgan fingerprint density at radius 2 is 1.90 bits per heavy atom. The molecule has 0 radical (unpaired) electrons. The van der Waals surface area contributed by atoms with Gasteiger partial charge in [-0.15, -0.1) is 0 Å². The van der Waals surface area contributed by atoms with Gasteiger partial charge < -0.3 is 24.2 Å². The van der Waals surface area contributed by atoms with Crippen LogP contribution in [0.1, 0.15) is 30.5 Å². The summed E-state index contributed by atoms with van der Waals surface area (Å²) in [5, 5.41) is 11.1. The number of rotatable bonds is 5. The van der Waals surface area contributed by atoms with Gasteiger partial charge in [0.15, 0.2) is 11.5 Å². The topological polar surface area (TPSA) is 85.3 Å². The number of ketones is 1. The Bertz CT molecular complexity index is 1030. The van der Waals surface area contributed by atoms with Crippen molar-refractivity contribution in [2.45, 2.75) is 19.4 Å². The van der Waals surface area contributed by atoms with Gasteiger partial charge in [0, 0.05) is 12.1 Å². The number of likely N-dealkylation sites (tertiary alicyclic amines) is 1. The Hall–Kier alpha value is -3.48. The third kappa shape index (κ3) is 3.36. The lowest BCUT2D eigenvalue weighted by atomic mass is 9.95. The standard InChI is InChI=1S/C23H23NO6/c1-3-9-24-20(14-7-8-17-18(13-14)30-11-10-29-17)19(22(26)23(24)27)21(25)15-5-4-6-16(12-15)28-2/h4-8,12-13,20,25H,3,9-11H2,1-2H3/b21-19-. The molecule has 0 aliphatic carbocycles. The first-order valence-electron chi connectivity index (χ1n) is 9.87. The van der Waals surface area contributed by atoms with E-state index in [1.807, 2.05) is 6.92 Å². The Labute approximate surface area is 174 Å². The van der Waals surface area contributed by atoms with Crippen LogP contribution in [-0.4, -0.2) is 48.6 Å². The summed E-state index contributed by atoms with van der Waals surface area (Å²) in [5.74, 6) is 0.153. The third-order valence-corrected chi connectivity index (χ3v) is 5.23. The van der Waals surface area contributed by atoms with Crippen LogP contribution in [-0.2, 0) is 9.59 Å². The number of aliphatic hydroxyl groups is 1. The van der Waals surface area contributed by atoms with E-state index in [4.69, 9.17) is 14.2 Å². The van der Waals surface area contributed by atoms with Gasteiger partial charge in [0.25, 0.3) is 11.7 Å². The molecule has 1 saturated heterocycles. The van der Waals surface area contributed by atoms with Gasteiger partial charge in [0.05, 0.1) is 18.7 Å². The summed E-state index contributed by atoms with van der Waals surface area (Å²) in [4.78, 5) is 27.2. The van der Waals surface area contributed by atoms with Gasteiger partial charge in [0.1, 0.15) is 24.7 Å². The van der Waals surface area contributed by atoms with Crippen molar-refractivity contribution < 1.29 is 28.9 Å². The molecule has 2 aliphatic rings. The van der Waals surface area contributed by atoms with Gasteiger partial charge in [-0.1, -0.05) is 25.1 Å². The number of hydrogen-bond donors (Lipinski definition) is 1. The predicted octanol–water partition coefficient (Wildman–Crippen LogP) is 3.30. The maximum absolute atomic E-state index is 12.9. The second-order valence-electron chi connectivity index (χ2n) is 7.13. The van der Waals surface area contributed by atoms with Gasteiger partial charge >= 0.3 is 0 Å². The molecule has 0 spiro atoms. The normalized spacial score (nSPS) is 19.8. The second-order valence-corrected chi connectivity index (χ2v) is 7.13. The van der Waals surface area contributed by atoms with Crippen molar-refractivity contribution >= 4 is 17.4 Å². The number of Topliss-reactive ketones (excluding diaryl/α,β-unsaturated/α-hetero) is 1. The Morgan fingerprint density at radius 1 is 1.13 bits per heavy atom. The quantitative estimate of drug-likeness (QED) is 0.463. The molecule has 4 rings (SSSR count). The average molecular weight is 409 g/mol. The van der Waals surface area contributed by atoms with E-state index in [0.717, 1.165) is 0 Å². The molecule has 0 saturated carbocycles. The molecule has 2 aromatic rings. The minimum absolute atomic E-state index is 0.0541. The molecule has 1 fully saturated rings. The highest BCUT2D eigenvalue weighted by Gasteiger charge is 2.46. The zero-order chi connectivity index (χ0) is 21.3. The highest BCUT2D eigenvalue weighted by atomic mass is 16.6. The zero-order valence-corrected chi connectivity index (χ0v) is 16.9. The molecule has 156 valence electrons. The van der Waals surface area contributed by atoms with E-state index in [0.29, 0.717) is 54.6 Å². The summed E-state index contributed by atoms with van der Waals surface area (Å²) in [5.41, 5.74) is 1.14. The van der Waals surface area contributed by atoms with Crippen LogP contribution in [0.5, 0.6) is 17.2 Å². The number of carbonyl (C=O) groups is 2. The van der Waals surface area contributed by atoms with Crippen molar-refractivity contribution in [2.75, 3.05) is 26.9 Å². The number of aliphatic hydroxyl groups excluding tert-OH is 1. The molecule has 0 aromatic heterocycles. The lowest BCUT2D eigenvalue weighted by Gasteiger charge is -2.26. The van der Waals surface area contributed by atoms with Crippen LogP contribution in [0, 0.1) is 0 Å². The third-order valence-electron chi connectivity index (χ3n) is 5.23. The average Bonchev–Trinajstić information content (AvgIpc) is 3.03. The zero-order valence-electron chi connectivity index (χ0n) is 16.9. The van der Waals surface area contributed by atoms with Crippen molar-refractivity contribution in [3.8, 4) is 17.2 Å². The molecule has 7 heteroatoms. The molecular formula is C23H23NO6. The van der Waals surface area contributed by atoms with Gasteiger partial charge in [-0.05, 0) is 36.2 Å². The molecule has 1 unspecified atom stereocenters. The van der Waals surface area contributed by atoms with E-state index < -0.39 is 17.7 Å². The van der Waals surface area contributed by atoms with Gasteiger partial charge in [-0.2, -0.15) is 0 Å². The van der Waals surface area contributed by atoms with E-state index in [9.17, 15) is 14.7 Å². The Morgan fingerprint density at radius 3 is 2.63 bits per heavy atom. The van der Waals surface area contributed by atoms with E-state index >= 15 is 0 Å². The molecule has 1 N–H and O–H groups in total. The molecular weight excluding hydrogens is 386 g/mol. The monoisotopic (exact) mass is 409 g/mol. The lowest BCUT2D eigenvalue weighted by molar-refractivity contribution is -0.139. The summed E-state index contributed by atoms with van der Waals surface area (Å²) in [7, 11) is 1.52. The predicted molar refractivity (Wildman–Crippen MR) is 110 cm³/mol. The van der Waals surface area contributed by atoms with Crippen LogP contribution >= 0.6 is 0 Å². The Balaban J connectivity index is 1.86. The summed E-state index contributed by atoms with van der Waals surface area (Å²) in [6.45, 7) is 3.22. The Kier molecular flexibility index (Phi) is 5.35. The van der Waals surface area contributed by atoms with E-state index in [1.54, 1.807) is 42.5 Å². The fraction of sp³-hybridized carbons (Fsp3) is 0.304. The fourth-order valence-electron chi connectivity index (χ4n) is 3.85. The van der Waals surface area contributed by atoms with E-state index in [1.165, 1.54) is 12.0 Å². The maximum atomic E-state index is 12.9. The summed E-state index contributed by atoms with van der Waals surface area (Å²) in [6.07, 6.45) is 0.674. The molecule has 1 atom stereocenters. The summed E-state index contributed by atoms with van der Waals surface area (Å²) < 4.78 is 16.5. The molecule has 0 bridgehead atoms. The first-order chi connectivity index (χ1) is 14.5. The first-order valence-corrected chi connectivity index (χ1v) is 9.87. The molecule has 2 aromatic carbocycles. The number of methoxy groups -OCH3 is 1. The minimum atomic E-state index is -0.716. The highest BCUT2D eigenvalue weighted by Crippen LogP contribution is 2.42. The van der Waals surface area contributed by atoms with Crippen LogP contribution < -0.4 is 14.2 Å². The number of nitrogens with zero attached hydrogens (tertiary/aromatic N) is 1. The summed E-state index contributed by atoms with van der Waals surface area (Å²) >= 11 is 0. The molecule has 30 heavy (non-hydrogen) atoms. The van der Waals surface area contributed by atoms with Crippen molar-refractivity contribution in [1.82, 2.24) is 4.90 Å². The first kappa shape index (κ1) is 19.8. The molecule has 2 aliphatic heterocycles. The van der Waals surface area contributed by atoms with Crippen LogP contribution in [0.25, 0.3) is 5.76 Å². The number of benzene rings is 2. The summed E-state index contributed by atoms with van der Waals surface area (Å²) in [6, 6.07) is 11.4. The van der Waals surface area contributed by atoms with Crippen molar-refractivity contribution in [2.24, 2.45) is 0 Å². The molecule has 1 amide bonds. The number of hydrogen-bond acceptors (Lipinski definition) is 6. The number of amides is 1. The number of fused-ring (bicyclic) bond motifs is 1. The lowest BCUT2D eigenvalue weighted by Crippen LogP contribution is -2.30. The minimum Gasteiger partial charge on any atom is -0.507 e. The number of carbonyl (C=O) groups excluding carboxylic acids is 2. The maximum Gasteiger partial charge on any atom is 0.295 e. The van der Waals surface area contributed by atoms with Crippen molar-refractivity contribution in [3.05, 3.63) is 59.2 Å². The number of ether oxygens (including phenoxy) is 3.